The molecule has 4 aliphatic rings. The van der Waals surface area contributed by atoms with Gasteiger partial charge >= 0.3 is 0 Å². The quantitative estimate of drug-likeness (QED) is 0.905. The molecule has 0 amide bonds. The Morgan fingerprint density at radius 2 is 1.86 bits per heavy atom. The highest BCUT2D eigenvalue weighted by molar-refractivity contribution is 6.31. The van der Waals surface area contributed by atoms with Gasteiger partial charge in [0.1, 0.15) is 0 Å². The van der Waals surface area contributed by atoms with E-state index in [4.69, 9.17) is 11.6 Å². The zero-order chi connectivity index (χ0) is 14.6. The molecular formula is C17H25ClN2O. The number of rotatable bonds is 4. The normalized spacial score (nSPS) is 38.9. The average Bonchev–Trinajstić information content (AvgIpc) is 2.77. The second-order valence-electron chi connectivity index (χ2n) is 7.83. The van der Waals surface area contributed by atoms with Gasteiger partial charge in [0, 0.05) is 6.54 Å². The first-order valence-electron chi connectivity index (χ1n) is 8.48. The maximum Gasteiger partial charge on any atom is 0.0977 e. The zero-order valence-corrected chi connectivity index (χ0v) is 13.5. The summed E-state index contributed by atoms with van der Waals surface area (Å²) >= 11 is 6.26. The van der Waals surface area contributed by atoms with Gasteiger partial charge in [-0.1, -0.05) is 11.6 Å². The molecule has 1 aromatic heterocycles. The summed E-state index contributed by atoms with van der Waals surface area (Å²) in [5, 5.41) is 15.7. The first-order chi connectivity index (χ1) is 10.1. The molecule has 1 aromatic rings. The molecule has 116 valence electrons. The molecule has 1 heterocycles. The SMILES string of the molecule is CCn1ncc(Cl)c1C(O)CC12CC3CC(CC(C3)C1)C2. The lowest BCUT2D eigenvalue weighted by molar-refractivity contribution is -0.0773. The van der Waals surface area contributed by atoms with Gasteiger partial charge in [-0.15, -0.1) is 0 Å². The molecule has 4 bridgehead atoms. The van der Waals surface area contributed by atoms with E-state index in [0.717, 1.165) is 36.4 Å². The number of halogens is 1. The Morgan fingerprint density at radius 1 is 1.29 bits per heavy atom. The molecule has 1 unspecified atom stereocenters. The van der Waals surface area contributed by atoms with Gasteiger partial charge in [-0.2, -0.15) is 5.10 Å². The number of nitrogens with zero attached hydrogens (tertiary/aromatic N) is 2. The molecule has 0 spiro atoms. The van der Waals surface area contributed by atoms with Crippen LogP contribution in [0.4, 0.5) is 0 Å². The number of aryl methyl sites for hydroxylation is 1. The molecule has 5 rings (SSSR count). The molecule has 4 heteroatoms. The highest BCUT2D eigenvalue weighted by Gasteiger charge is 2.51. The standard InChI is InChI=1S/C17H25ClN2O/c1-2-20-16(14(18)10-19-20)15(21)9-17-6-11-3-12(7-17)5-13(4-11)8-17/h10-13,15,21H,2-9H2,1H3. The maximum absolute atomic E-state index is 10.8. The summed E-state index contributed by atoms with van der Waals surface area (Å²) in [5.74, 6) is 2.78. The van der Waals surface area contributed by atoms with Crippen molar-refractivity contribution in [3.05, 3.63) is 16.9 Å². The van der Waals surface area contributed by atoms with Gasteiger partial charge in [0.2, 0.25) is 0 Å². The van der Waals surface area contributed by atoms with E-state index in [0.29, 0.717) is 10.4 Å². The monoisotopic (exact) mass is 308 g/mol. The Balaban J connectivity index is 1.56. The number of aliphatic hydroxyl groups excluding tert-OH is 1. The van der Waals surface area contributed by atoms with Crippen molar-refractivity contribution in [2.45, 2.75) is 64.5 Å². The Hall–Kier alpha value is -0.540. The predicted molar refractivity (Wildman–Crippen MR) is 83.1 cm³/mol. The second-order valence-corrected chi connectivity index (χ2v) is 8.24. The van der Waals surface area contributed by atoms with E-state index in [1.807, 2.05) is 11.6 Å². The second kappa shape index (κ2) is 4.99. The number of hydrogen-bond acceptors (Lipinski definition) is 2. The smallest absolute Gasteiger partial charge is 0.0977 e. The van der Waals surface area contributed by atoms with E-state index >= 15 is 0 Å². The fraction of sp³-hybridized carbons (Fsp3) is 0.824. The van der Waals surface area contributed by atoms with E-state index in [2.05, 4.69) is 5.10 Å². The van der Waals surface area contributed by atoms with E-state index in [9.17, 15) is 5.11 Å². The first kappa shape index (κ1) is 14.1. The Labute approximate surface area is 131 Å². The highest BCUT2D eigenvalue weighted by Crippen LogP contribution is 2.62. The van der Waals surface area contributed by atoms with Crippen molar-refractivity contribution < 1.29 is 5.11 Å². The Morgan fingerprint density at radius 3 is 2.38 bits per heavy atom. The molecule has 1 atom stereocenters. The van der Waals surface area contributed by atoms with Crippen molar-refractivity contribution in [3.8, 4) is 0 Å². The van der Waals surface area contributed by atoms with Crippen LogP contribution in [-0.2, 0) is 6.54 Å². The molecule has 0 saturated heterocycles. The Bertz CT molecular complexity index is 504. The minimum Gasteiger partial charge on any atom is -0.387 e. The lowest BCUT2D eigenvalue weighted by atomic mass is 9.48. The van der Waals surface area contributed by atoms with Gasteiger partial charge in [0.15, 0.2) is 0 Å². The summed E-state index contributed by atoms with van der Waals surface area (Å²) in [7, 11) is 0. The van der Waals surface area contributed by atoms with Crippen LogP contribution in [0.2, 0.25) is 5.02 Å². The first-order valence-corrected chi connectivity index (χ1v) is 8.85. The lowest BCUT2D eigenvalue weighted by Crippen LogP contribution is -2.46. The van der Waals surface area contributed by atoms with Crippen LogP contribution in [0, 0.1) is 23.2 Å². The van der Waals surface area contributed by atoms with Crippen LogP contribution in [0.1, 0.15) is 63.7 Å². The maximum atomic E-state index is 10.8. The van der Waals surface area contributed by atoms with Crippen molar-refractivity contribution in [1.29, 1.82) is 0 Å². The summed E-state index contributed by atoms with van der Waals surface area (Å²) < 4.78 is 1.85. The summed E-state index contributed by atoms with van der Waals surface area (Å²) in [6.45, 7) is 2.81. The summed E-state index contributed by atoms with van der Waals surface area (Å²) in [4.78, 5) is 0. The van der Waals surface area contributed by atoms with Crippen LogP contribution in [0.5, 0.6) is 0 Å². The van der Waals surface area contributed by atoms with E-state index in [1.165, 1.54) is 38.5 Å². The van der Waals surface area contributed by atoms with Crippen molar-refractivity contribution in [1.82, 2.24) is 9.78 Å². The average molecular weight is 309 g/mol. The van der Waals surface area contributed by atoms with E-state index in [1.54, 1.807) is 6.20 Å². The van der Waals surface area contributed by atoms with Gasteiger partial charge in [-0.25, -0.2) is 0 Å². The van der Waals surface area contributed by atoms with Crippen LogP contribution in [0.25, 0.3) is 0 Å². The van der Waals surface area contributed by atoms with Gasteiger partial charge in [-0.05, 0) is 75.0 Å². The van der Waals surface area contributed by atoms with Gasteiger partial charge in [-0.3, -0.25) is 4.68 Å². The largest absolute Gasteiger partial charge is 0.387 e. The van der Waals surface area contributed by atoms with E-state index in [-0.39, 0.29) is 0 Å². The fourth-order valence-electron chi connectivity index (χ4n) is 6.00. The summed E-state index contributed by atoms with van der Waals surface area (Å²) in [5.41, 5.74) is 1.20. The number of aliphatic hydroxyl groups is 1. The van der Waals surface area contributed by atoms with Crippen molar-refractivity contribution in [2.24, 2.45) is 23.2 Å². The third-order valence-electron chi connectivity index (χ3n) is 6.24. The Kier molecular flexibility index (Phi) is 3.34. The zero-order valence-electron chi connectivity index (χ0n) is 12.8. The molecule has 0 aromatic carbocycles. The van der Waals surface area contributed by atoms with E-state index < -0.39 is 6.10 Å². The molecule has 4 saturated carbocycles. The molecule has 3 nitrogen and oxygen atoms in total. The molecule has 0 aliphatic heterocycles. The van der Waals surface area contributed by atoms with Crippen LogP contribution in [-0.4, -0.2) is 14.9 Å². The molecular weight excluding hydrogens is 284 g/mol. The van der Waals surface area contributed by atoms with Crippen LogP contribution in [0.15, 0.2) is 6.20 Å². The van der Waals surface area contributed by atoms with Crippen LogP contribution < -0.4 is 0 Å². The lowest BCUT2D eigenvalue weighted by Gasteiger charge is -2.57. The third kappa shape index (κ3) is 2.33. The van der Waals surface area contributed by atoms with Gasteiger partial charge in [0.25, 0.3) is 0 Å². The number of hydrogen-bond donors (Lipinski definition) is 1. The topological polar surface area (TPSA) is 38.0 Å². The van der Waals surface area contributed by atoms with Crippen LogP contribution >= 0.6 is 11.6 Å². The molecule has 1 N–H and O–H groups in total. The molecule has 21 heavy (non-hydrogen) atoms. The van der Waals surface area contributed by atoms with Crippen molar-refractivity contribution in [3.63, 3.8) is 0 Å². The third-order valence-corrected chi connectivity index (χ3v) is 6.53. The number of aromatic nitrogens is 2. The predicted octanol–water partition coefficient (Wildman–Crippen LogP) is 4.20. The van der Waals surface area contributed by atoms with Crippen LogP contribution in [0.3, 0.4) is 0 Å². The minimum absolute atomic E-state index is 0.375. The molecule has 4 fully saturated rings. The minimum atomic E-state index is -0.462. The summed E-state index contributed by atoms with van der Waals surface area (Å²) in [6.07, 6.45) is 10.4. The van der Waals surface area contributed by atoms with Crippen molar-refractivity contribution in [2.75, 3.05) is 0 Å². The fourth-order valence-corrected chi connectivity index (χ4v) is 6.27. The van der Waals surface area contributed by atoms with Crippen molar-refractivity contribution >= 4 is 11.6 Å². The highest BCUT2D eigenvalue weighted by atomic mass is 35.5. The van der Waals surface area contributed by atoms with Gasteiger partial charge < -0.3 is 5.11 Å². The van der Waals surface area contributed by atoms with Gasteiger partial charge in [0.05, 0.1) is 23.0 Å². The summed E-state index contributed by atoms with van der Waals surface area (Å²) in [6, 6.07) is 0. The molecule has 0 radical (unpaired) electrons. The molecule has 4 aliphatic carbocycles.